The van der Waals surface area contributed by atoms with Gasteiger partial charge in [-0.1, -0.05) is 16.8 Å². The maximum atomic E-state index is 12.9. The summed E-state index contributed by atoms with van der Waals surface area (Å²) in [4.78, 5) is 23.7. The molecule has 1 amide bonds. The molecule has 164 valence electrons. The number of ether oxygens (including phenoxy) is 1. The quantitative estimate of drug-likeness (QED) is 0.398. The van der Waals surface area contributed by atoms with Gasteiger partial charge in [-0.25, -0.2) is 4.98 Å². The lowest BCUT2D eigenvalue weighted by atomic mass is 9.97. The van der Waals surface area contributed by atoms with E-state index >= 15 is 0 Å². The SMILES string of the molecule is Cc1nc(COc2ccc(C(=O)N3CCC(c4nc5cc(Cl)ccc5s4)CC3)cc2)no1. The van der Waals surface area contributed by atoms with Crippen LogP contribution >= 0.6 is 22.9 Å². The minimum Gasteiger partial charge on any atom is -0.485 e. The minimum atomic E-state index is 0.0416. The summed E-state index contributed by atoms with van der Waals surface area (Å²) in [6, 6.07) is 13.0. The molecule has 9 heteroatoms. The molecule has 32 heavy (non-hydrogen) atoms. The first-order valence-corrected chi connectivity index (χ1v) is 11.6. The summed E-state index contributed by atoms with van der Waals surface area (Å²) >= 11 is 7.81. The van der Waals surface area contributed by atoms with E-state index in [1.807, 2.05) is 23.1 Å². The minimum absolute atomic E-state index is 0.0416. The van der Waals surface area contributed by atoms with E-state index in [1.54, 1.807) is 42.5 Å². The van der Waals surface area contributed by atoms with Gasteiger partial charge >= 0.3 is 0 Å². The third kappa shape index (κ3) is 4.47. The highest BCUT2D eigenvalue weighted by Gasteiger charge is 2.26. The molecule has 0 aliphatic carbocycles. The number of nitrogens with zero attached hydrogens (tertiary/aromatic N) is 4. The molecule has 0 saturated carbocycles. The number of thiazole rings is 1. The van der Waals surface area contributed by atoms with Crippen molar-refractivity contribution < 1.29 is 14.1 Å². The number of hydrogen-bond acceptors (Lipinski definition) is 7. The second-order valence-electron chi connectivity index (χ2n) is 7.77. The van der Waals surface area contributed by atoms with Crippen molar-refractivity contribution in [1.29, 1.82) is 0 Å². The molecule has 1 aliphatic heterocycles. The average Bonchev–Trinajstić information content (AvgIpc) is 3.43. The number of piperidine rings is 1. The van der Waals surface area contributed by atoms with E-state index in [4.69, 9.17) is 25.8 Å². The monoisotopic (exact) mass is 468 g/mol. The molecular formula is C23H21ClN4O3S. The van der Waals surface area contributed by atoms with Crippen LogP contribution in [0.1, 0.15) is 45.8 Å². The lowest BCUT2D eigenvalue weighted by Gasteiger charge is -2.31. The molecule has 2 aromatic carbocycles. The molecular weight excluding hydrogens is 448 g/mol. The van der Waals surface area contributed by atoms with Gasteiger partial charge in [0.05, 0.1) is 15.2 Å². The highest BCUT2D eigenvalue weighted by molar-refractivity contribution is 7.18. The van der Waals surface area contributed by atoms with Gasteiger partial charge < -0.3 is 14.2 Å². The van der Waals surface area contributed by atoms with Gasteiger partial charge in [0, 0.05) is 36.5 Å². The fraction of sp³-hybridized carbons (Fsp3) is 0.304. The van der Waals surface area contributed by atoms with Crippen molar-refractivity contribution >= 4 is 39.1 Å². The summed E-state index contributed by atoms with van der Waals surface area (Å²) in [5.74, 6) is 2.06. The summed E-state index contributed by atoms with van der Waals surface area (Å²) in [5, 5.41) is 5.64. The van der Waals surface area contributed by atoms with Crippen LogP contribution in [0.15, 0.2) is 47.0 Å². The first kappa shape index (κ1) is 20.9. The number of halogens is 1. The number of likely N-dealkylation sites (tertiary alicyclic amines) is 1. The lowest BCUT2D eigenvalue weighted by Crippen LogP contribution is -2.37. The number of aromatic nitrogens is 3. The molecule has 0 N–H and O–H groups in total. The predicted octanol–water partition coefficient (Wildman–Crippen LogP) is 5.24. The van der Waals surface area contributed by atoms with Crippen LogP contribution in [0.25, 0.3) is 10.2 Å². The number of amides is 1. The van der Waals surface area contributed by atoms with Crippen molar-refractivity contribution in [3.8, 4) is 5.75 Å². The standard InChI is InChI=1S/C23H21ClN4O3S/c1-14-25-21(27-31-14)13-30-18-5-2-16(3-6-18)23(29)28-10-8-15(9-11-28)22-26-19-12-17(24)4-7-20(19)32-22/h2-7,12,15H,8-11,13H2,1H3. The van der Waals surface area contributed by atoms with Crippen LogP contribution in [-0.2, 0) is 6.61 Å². The Morgan fingerprint density at radius 2 is 1.97 bits per heavy atom. The van der Waals surface area contributed by atoms with E-state index in [9.17, 15) is 4.79 Å². The maximum absolute atomic E-state index is 12.9. The Balaban J connectivity index is 1.17. The first-order valence-electron chi connectivity index (χ1n) is 10.4. The van der Waals surface area contributed by atoms with Crippen molar-refractivity contribution in [2.24, 2.45) is 0 Å². The van der Waals surface area contributed by atoms with Crippen molar-refractivity contribution in [3.05, 3.63) is 69.8 Å². The van der Waals surface area contributed by atoms with Crippen molar-refractivity contribution in [2.75, 3.05) is 13.1 Å². The Morgan fingerprint density at radius 1 is 1.19 bits per heavy atom. The largest absolute Gasteiger partial charge is 0.485 e. The summed E-state index contributed by atoms with van der Waals surface area (Å²) in [6.45, 7) is 3.39. The van der Waals surface area contributed by atoms with Crippen LogP contribution < -0.4 is 4.74 Å². The zero-order chi connectivity index (χ0) is 22.1. The zero-order valence-electron chi connectivity index (χ0n) is 17.5. The molecule has 1 aliphatic rings. The summed E-state index contributed by atoms with van der Waals surface area (Å²) in [5.41, 5.74) is 1.61. The molecule has 0 bridgehead atoms. The van der Waals surface area contributed by atoms with E-state index in [0.29, 0.717) is 34.0 Å². The Bertz CT molecular complexity index is 1250. The Kier molecular flexibility index (Phi) is 5.80. The number of rotatable bonds is 5. The molecule has 7 nitrogen and oxygen atoms in total. The van der Waals surface area contributed by atoms with Crippen molar-refractivity contribution in [3.63, 3.8) is 0 Å². The van der Waals surface area contributed by atoms with E-state index in [1.165, 1.54) is 0 Å². The lowest BCUT2D eigenvalue weighted by molar-refractivity contribution is 0.0713. The molecule has 5 rings (SSSR count). The van der Waals surface area contributed by atoms with Gasteiger partial charge in [-0.3, -0.25) is 4.79 Å². The average molecular weight is 469 g/mol. The molecule has 1 fully saturated rings. The van der Waals surface area contributed by atoms with Gasteiger partial charge in [-0.15, -0.1) is 11.3 Å². The molecule has 1 saturated heterocycles. The summed E-state index contributed by atoms with van der Waals surface area (Å²) in [7, 11) is 0. The zero-order valence-corrected chi connectivity index (χ0v) is 19.0. The van der Waals surface area contributed by atoms with Crippen LogP contribution in [0.3, 0.4) is 0 Å². The van der Waals surface area contributed by atoms with Crippen LogP contribution in [0.5, 0.6) is 5.75 Å². The predicted molar refractivity (Wildman–Crippen MR) is 122 cm³/mol. The Hall–Kier alpha value is -2.97. The van der Waals surface area contributed by atoms with Gasteiger partial charge in [-0.05, 0) is 55.3 Å². The smallest absolute Gasteiger partial charge is 0.253 e. The number of aryl methyl sites for hydroxylation is 1. The molecule has 0 spiro atoms. The molecule has 3 heterocycles. The molecule has 0 atom stereocenters. The third-order valence-electron chi connectivity index (χ3n) is 5.54. The fourth-order valence-electron chi connectivity index (χ4n) is 3.85. The number of hydrogen-bond donors (Lipinski definition) is 0. The van der Waals surface area contributed by atoms with Gasteiger partial charge in [0.2, 0.25) is 11.7 Å². The molecule has 4 aromatic rings. The fourth-order valence-corrected chi connectivity index (χ4v) is 5.13. The van der Waals surface area contributed by atoms with E-state index in [0.717, 1.165) is 41.2 Å². The second-order valence-corrected chi connectivity index (χ2v) is 9.27. The molecule has 0 radical (unpaired) electrons. The van der Waals surface area contributed by atoms with Gasteiger partial charge in [0.1, 0.15) is 5.75 Å². The van der Waals surface area contributed by atoms with E-state index in [-0.39, 0.29) is 12.5 Å². The van der Waals surface area contributed by atoms with E-state index < -0.39 is 0 Å². The first-order chi connectivity index (χ1) is 15.5. The van der Waals surface area contributed by atoms with Crippen molar-refractivity contribution in [1.82, 2.24) is 20.0 Å². The van der Waals surface area contributed by atoms with Crippen LogP contribution in [-0.4, -0.2) is 39.0 Å². The Labute approximate surface area is 194 Å². The summed E-state index contributed by atoms with van der Waals surface area (Å²) < 4.78 is 11.7. The van der Waals surface area contributed by atoms with Crippen molar-refractivity contribution in [2.45, 2.75) is 32.3 Å². The van der Waals surface area contributed by atoms with Gasteiger partial charge in [-0.2, -0.15) is 4.98 Å². The highest BCUT2D eigenvalue weighted by atomic mass is 35.5. The molecule has 0 unspecified atom stereocenters. The highest BCUT2D eigenvalue weighted by Crippen LogP contribution is 2.35. The Morgan fingerprint density at radius 3 is 2.69 bits per heavy atom. The van der Waals surface area contributed by atoms with Crippen LogP contribution in [0, 0.1) is 6.92 Å². The van der Waals surface area contributed by atoms with Gasteiger partial charge in [0.25, 0.3) is 5.91 Å². The molecule has 2 aromatic heterocycles. The van der Waals surface area contributed by atoms with Gasteiger partial charge in [0.15, 0.2) is 6.61 Å². The maximum Gasteiger partial charge on any atom is 0.253 e. The number of benzene rings is 2. The van der Waals surface area contributed by atoms with E-state index in [2.05, 4.69) is 10.1 Å². The second kappa shape index (κ2) is 8.88. The van der Waals surface area contributed by atoms with Crippen LogP contribution in [0.2, 0.25) is 5.02 Å². The third-order valence-corrected chi connectivity index (χ3v) is 6.97. The normalized spacial score (nSPS) is 14.8. The number of fused-ring (bicyclic) bond motifs is 1. The summed E-state index contributed by atoms with van der Waals surface area (Å²) in [6.07, 6.45) is 1.81. The van der Waals surface area contributed by atoms with Crippen LogP contribution in [0.4, 0.5) is 0 Å². The number of carbonyl (C=O) groups excluding carboxylic acids is 1. The number of carbonyl (C=O) groups is 1. The topological polar surface area (TPSA) is 81.4 Å².